The van der Waals surface area contributed by atoms with E-state index in [1.165, 1.54) is 0 Å². The summed E-state index contributed by atoms with van der Waals surface area (Å²) in [7, 11) is 0. The van der Waals surface area contributed by atoms with Crippen LogP contribution >= 0.6 is 11.6 Å². The maximum Gasteiger partial charge on any atom is 0.0455 e. The van der Waals surface area contributed by atoms with Gasteiger partial charge >= 0.3 is 0 Å². The van der Waals surface area contributed by atoms with Gasteiger partial charge in [-0.05, 0) is 37.1 Å². The van der Waals surface area contributed by atoms with Gasteiger partial charge in [0.2, 0.25) is 0 Å². The molecule has 0 radical (unpaired) electrons. The van der Waals surface area contributed by atoms with E-state index in [9.17, 15) is 0 Å². The first-order valence-electron chi connectivity index (χ1n) is 4.84. The van der Waals surface area contributed by atoms with Crippen molar-refractivity contribution in [1.82, 2.24) is 0 Å². The van der Waals surface area contributed by atoms with Crippen molar-refractivity contribution in [2.24, 2.45) is 11.7 Å². The van der Waals surface area contributed by atoms with E-state index in [2.05, 4.69) is 12.2 Å². The second kappa shape index (κ2) is 5.23. The van der Waals surface area contributed by atoms with Gasteiger partial charge in [-0.15, -0.1) is 0 Å². The van der Waals surface area contributed by atoms with E-state index < -0.39 is 0 Å². The minimum Gasteiger partial charge on any atom is -0.384 e. The lowest BCUT2D eigenvalue weighted by Gasteiger charge is -2.13. The van der Waals surface area contributed by atoms with Crippen LogP contribution in [0.15, 0.2) is 18.2 Å². The molecule has 1 aromatic rings. The van der Waals surface area contributed by atoms with E-state index in [0.717, 1.165) is 22.8 Å². The number of nitrogens with one attached hydrogen (secondary N) is 1. The normalized spacial score (nSPS) is 12.6. The van der Waals surface area contributed by atoms with Crippen LogP contribution in [0.5, 0.6) is 0 Å². The molecule has 0 aliphatic heterocycles. The summed E-state index contributed by atoms with van der Waals surface area (Å²) in [4.78, 5) is 0. The largest absolute Gasteiger partial charge is 0.384 e. The fourth-order valence-corrected chi connectivity index (χ4v) is 1.34. The first-order chi connectivity index (χ1) is 6.65. The van der Waals surface area contributed by atoms with Gasteiger partial charge in [0, 0.05) is 17.3 Å². The molecule has 0 spiro atoms. The zero-order valence-corrected chi connectivity index (χ0v) is 9.43. The van der Waals surface area contributed by atoms with Gasteiger partial charge < -0.3 is 11.1 Å². The lowest BCUT2D eigenvalue weighted by Crippen LogP contribution is -2.20. The van der Waals surface area contributed by atoms with Crippen LogP contribution in [0.1, 0.15) is 12.5 Å². The molecule has 3 heteroatoms. The minimum absolute atomic E-state index is 0.480. The molecular weight excluding hydrogens is 196 g/mol. The molecule has 0 aromatic heterocycles. The summed E-state index contributed by atoms with van der Waals surface area (Å²) in [5, 5.41) is 4.14. The molecule has 1 unspecified atom stereocenters. The Morgan fingerprint density at radius 3 is 2.86 bits per heavy atom. The third-order valence-corrected chi connectivity index (χ3v) is 2.72. The summed E-state index contributed by atoms with van der Waals surface area (Å²) in [5.41, 5.74) is 7.73. The molecule has 1 rings (SSSR count). The van der Waals surface area contributed by atoms with Crippen LogP contribution in [0.2, 0.25) is 5.02 Å². The second-order valence-electron chi connectivity index (χ2n) is 3.63. The number of halogens is 1. The predicted octanol–water partition coefficient (Wildman–Crippen LogP) is 2.66. The van der Waals surface area contributed by atoms with Gasteiger partial charge in [0.1, 0.15) is 0 Å². The average Bonchev–Trinajstić information content (AvgIpc) is 2.20. The molecule has 1 aromatic carbocycles. The Hall–Kier alpha value is -0.730. The molecule has 0 aliphatic rings. The SMILES string of the molecule is Cc1c(Cl)cccc1NCC(C)CN. The van der Waals surface area contributed by atoms with Crippen molar-refractivity contribution in [3.63, 3.8) is 0 Å². The summed E-state index contributed by atoms with van der Waals surface area (Å²) < 4.78 is 0. The van der Waals surface area contributed by atoms with Crippen LogP contribution in [0, 0.1) is 12.8 Å². The van der Waals surface area contributed by atoms with Crippen LogP contribution in [0.25, 0.3) is 0 Å². The van der Waals surface area contributed by atoms with Crippen molar-refractivity contribution >= 4 is 17.3 Å². The van der Waals surface area contributed by atoms with E-state index in [-0.39, 0.29) is 0 Å². The van der Waals surface area contributed by atoms with Crippen molar-refractivity contribution in [2.45, 2.75) is 13.8 Å². The molecule has 78 valence electrons. The van der Waals surface area contributed by atoms with Crippen LogP contribution < -0.4 is 11.1 Å². The number of hydrogen-bond acceptors (Lipinski definition) is 2. The quantitative estimate of drug-likeness (QED) is 0.806. The van der Waals surface area contributed by atoms with Crippen LogP contribution in [-0.2, 0) is 0 Å². The standard InChI is InChI=1S/C11H17ClN2/c1-8(6-13)7-14-11-5-3-4-10(12)9(11)2/h3-5,8,14H,6-7,13H2,1-2H3. The van der Waals surface area contributed by atoms with Gasteiger partial charge in [0.15, 0.2) is 0 Å². The topological polar surface area (TPSA) is 38.0 Å². The minimum atomic E-state index is 0.480. The highest BCUT2D eigenvalue weighted by Crippen LogP contribution is 2.22. The Labute approximate surface area is 90.4 Å². The third kappa shape index (κ3) is 2.89. The fourth-order valence-electron chi connectivity index (χ4n) is 1.17. The van der Waals surface area contributed by atoms with E-state index in [1.54, 1.807) is 0 Å². The molecule has 1 atom stereocenters. The van der Waals surface area contributed by atoms with E-state index >= 15 is 0 Å². The molecule has 0 saturated heterocycles. The Balaban J connectivity index is 2.63. The summed E-state index contributed by atoms with van der Waals surface area (Å²) in [6, 6.07) is 5.88. The van der Waals surface area contributed by atoms with Gasteiger partial charge in [-0.2, -0.15) is 0 Å². The Morgan fingerprint density at radius 2 is 2.21 bits per heavy atom. The lowest BCUT2D eigenvalue weighted by molar-refractivity contribution is 0.628. The number of hydrogen-bond donors (Lipinski definition) is 2. The summed E-state index contributed by atoms with van der Waals surface area (Å²) >= 11 is 6.00. The zero-order valence-electron chi connectivity index (χ0n) is 8.68. The number of benzene rings is 1. The summed E-state index contributed by atoms with van der Waals surface area (Å²) in [6.07, 6.45) is 0. The van der Waals surface area contributed by atoms with Crippen molar-refractivity contribution in [3.8, 4) is 0 Å². The lowest BCUT2D eigenvalue weighted by atomic mass is 10.1. The first kappa shape index (κ1) is 11.3. The highest BCUT2D eigenvalue weighted by molar-refractivity contribution is 6.31. The van der Waals surface area contributed by atoms with Gasteiger partial charge in [-0.1, -0.05) is 24.6 Å². The average molecular weight is 213 g/mol. The monoisotopic (exact) mass is 212 g/mol. The van der Waals surface area contributed by atoms with Crippen molar-refractivity contribution < 1.29 is 0 Å². The third-order valence-electron chi connectivity index (χ3n) is 2.31. The molecule has 0 fully saturated rings. The van der Waals surface area contributed by atoms with Gasteiger partial charge in [0.05, 0.1) is 0 Å². The number of rotatable bonds is 4. The molecule has 14 heavy (non-hydrogen) atoms. The van der Waals surface area contributed by atoms with Crippen LogP contribution in [-0.4, -0.2) is 13.1 Å². The Morgan fingerprint density at radius 1 is 1.50 bits per heavy atom. The van der Waals surface area contributed by atoms with E-state index in [4.69, 9.17) is 17.3 Å². The zero-order chi connectivity index (χ0) is 10.6. The van der Waals surface area contributed by atoms with Crippen molar-refractivity contribution in [1.29, 1.82) is 0 Å². The van der Waals surface area contributed by atoms with Gasteiger partial charge in [-0.25, -0.2) is 0 Å². The van der Waals surface area contributed by atoms with Gasteiger partial charge in [-0.3, -0.25) is 0 Å². The first-order valence-corrected chi connectivity index (χ1v) is 5.22. The molecule has 0 bridgehead atoms. The summed E-state index contributed by atoms with van der Waals surface area (Å²) in [6.45, 7) is 5.72. The Kier molecular flexibility index (Phi) is 4.23. The molecule has 0 saturated carbocycles. The molecule has 0 heterocycles. The molecule has 0 aliphatic carbocycles. The number of nitrogens with two attached hydrogens (primary N) is 1. The number of anilines is 1. The maximum atomic E-state index is 6.00. The molecule has 2 nitrogen and oxygen atoms in total. The highest BCUT2D eigenvalue weighted by Gasteiger charge is 2.03. The van der Waals surface area contributed by atoms with Gasteiger partial charge in [0.25, 0.3) is 0 Å². The van der Waals surface area contributed by atoms with Crippen molar-refractivity contribution in [3.05, 3.63) is 28.8 Å². The van der Waals surface area contributed by atoms with E-state index in [0.29, 0.717) is 12.5 Å². The van der Waals surface area contributed by atoms with Crippen LogP contribution in [0.3, 0.4) is 0 Å². The molecule has 0 amide bonds. The maximum absolute atomic E-state index is 6.00. The second-order valence-corrected chi connectivity index (χ2v) is 4.04. The highest BCUT2D eigenvalue weighted by atomic mass is 35.5. The molecule has 3 N–H and O–H groups in total. The van der Waals surface area contributed by atoms with E-state index in [1.807, 2.05) is 25.1 Å². The van der Waals surface area contributed by atoms with Crippen molar-refractivity contribution in [2.75, 3.05) is 18.4 Å². The smallest absolute Gasteiger partial charge is 0.0455 e. The molecular formula is C11H17ClN2. The predicted molar refractivity (Wildman–Crippen MR) is 62.9 cm³/mol. The van der Waals surface area contributed by atoms with Crippen LogP contribution in [0.4, 0.5) is 5.69 Å². The fraction of sp³-hybridized carbons (Fsp3) is 0.455. The Bertz CT molecular complexity index is 299. The summed E-state index contributed by atoms with van der Waals surface area (Å²) in [5.74, 6) is 0.480.